The second-order valence-electron chi connectivity index (χ2n) is 6.15. The zero-order valence-corrected chi connectivity index (χ0v) is 19.3. The van der Waals surface area contributed by atoms with Gasteiger partial charge in [-0.3, -0.25) is 0 Å². The van der Waals surface area contributed by atoms with Gasteiger partial charge >= 0.3 is 0 Å². The van der Waals surface area contributed by atoms with Crippen LogP contribution in [0.1, 0.15) is 48.9 Å². The summed E-state index contributed by atoms with van der Waals surface area (Å²) in [4.78, 5) is 4.61. The van der Waals surface area contributed by atoms with Gasteiger partial charge in [-0.05, 0) is 31.0 Å². The van der Waals surface area contributed by atoms with Gasteiger partial charge in [0.05, 0.1) is 18.8 Å². The highest BCUT2D eigenvalue weighted by atomic mass is 127. The average Bonchev–Trinajstić information content (AvgIpc) is 3.08. The minimum absolute atomic E-state index is 0. The van der Waals surface area contributed by atoms with Crippen molar-refractivity contribution in [3.8, 4) is 0 Å². The van der Waals surface area contributed by atoms with Crippen molar-refractivity contribution in [2.24, 2.45) is 4.99 Å². The molecule has 0 spiro atoms. The summed E-state index contributed by atoms with van der Waals surface area (Å²) in [5.41, 5.74) is 3.52. The first kappa shape index (κ1) is 24.4. The van der Waals surface area contributed by atoms with E-state index in [2.05, 4.69) is 34.6 Å². The Morgan fingerprint density at radius 1 is 1.21 bits per heavy atom. The Bertz CT molecular complexity index is 743. The predicted octanol–water partition coefficient (Wildman–Crippen LogP) is 3.96. The molecule has 0 aliphatic carbocycles. The lowest BCUT2D eigenvalue weighted by Crippen LogP contribution is -2.37. The van der Waals surface area contributed by atoms with Crippen molar-refractivity contribution in [1.82, 2.24) is 15.8 Å². The maximum Gasteiger partial charge on any atom is 0.191 e. The van der Waals surface area contributed by atoms with Crippen molar-refractivity contribution in [3.05, 3.63) is 52.2 Å². The van der Waals surface area contributed by atoms with Crippen molar-refractivity contribution in [2.75, 3.05) is 13.7 Å². The zero-order valence-electron chi connectivity index (χ0n) is 17.0. The number of aliphatic imine (C=N–C) groups is 1. The van der Waals surface area contributed by atoms with Crippen LogP contribution in [0.2, 0.25) is 0 Å². The molecule has 0 aliphatic heterocycles. The number of nitrogens with one attached hydrogen (secondary N) is 2. The van der Waals surface area contributed by atoms with E-state index < -0.39 is 0 Å². The topological polar surface area (TPSA) is 71.7 Å². The molecule has 0 atom stereocenters. The number of methoxy groups -OCH3 is 1. The highest BCUT2D eigenvalue weighted by Crippen LogP contribution is 2.16. The molecule has 8 heteroatoms. The molecular formula is C20H30FIN4O2. The fourth-order valence-electron chi connectivity index (χ4n) is 2.81. The number of ether oxygens (including phenoxy) is 1. The van der Waals surface area contributed by atoms with Crippen LogP contribution < -0.4 is 10.6 Å². The summed E-state index contributed by atoms with van der Waals surface area (Å²) < 4.78 is 24.2. The molecule has 0 saturated heterocycles. The maximum atomic E-state index is 13.7. The molecule has 0 saturated carbocycles. The lowest BCUT2D eigenvalue weighted by Gasteiger charge is -2.12. The number of rotatable bonds is 9. The zero-order chi connectivity index (χ0) is 19.6. The van der Waals surface area contributed by atoms with Crippen molar-refractivity contribution in [1.29, 1.82) is 0 Å². The SMILES string of the molecule is CCNC(=NCc1ccc(F)c(COC)c1)NCc1c(CC)noc1CC.I. The molecule has 1 aromatic carbocycles. The van der Waals surface area contributed by atoms with Crippen LogP contribution >= 0.6 is 24.0 Å². The largest absolute Gasteiger partial charge is 0.380 e. The van der Waals surface area contributed by atoms with Crippen molar-refractivity contribution >= 4 is 29.9 Å². The smallest absolute Gasteiger partial charge is 0.191 e. The van der Waals surface area contributed by atoms with E-state index in [1.807, 2.05) is 6.92 Å². The summed E-state index contributed by atoms with van der Waals surface area (Å²) in [7, 11) is 1.55. The van der Waals surface area contributed by atoms with E-state index in [1.54, 1.807) is 19.2 Å². The van der Waals surface area contributed by atoms with Gasteiger partial charge in [-0.25, -0.2) is 9.38 Å². The summed E-state index contributed by atoms with van der Waals surface area (Å²) >= 11 is 0. The second-order valence-corrected chi connectivity index (χ2v) is 6.15. The maximum absolute atomic E-state index is 13.7. The average molecular weight is 504 g/mol. The lowest BCUT2D eigenvalue weighted by molar-refractivity contribution is 0.181. The van der Waals surface area contributed by atoms with Crippen LogP contribution in [-0.2, 0) is 37.3 Å². The Morgan fingerprint density at radius 3 is 2.64 bits per heavy atom. The second kappa shape index (κ2) is 12.7. The fraction of sp³-hybridized carbons (Fsp3) is 0.500. The number of hydrogen-bond donors (Lipinski definition) is 2. The van der Waals surface area contributed by atoms with Crippen LogP contribution in [0.3, 0.4) is 0 Å². The van der Waals surface area contributed by atoms with E-state index in [1.165, 1.54) is 6.07 Å². The van der Waals surface area contributed by atoms with Gasteiger partial charge in [-0.15, -0.1) is 24.0 Å². The first-order valence-electron chi connectivity index (χ1n) is 9.37. The third-order valence-corrected chi connectivity index (χ3v) is 4.21. The Morgan fingerprint density at radius 2 is 2.00 bits per heavy atom. The standard InChI is InChI=1S/C20H29FN4O2.HI/c1-5-18-16(19(6-2)27-25-18)12-24-20(22-7-3)23-11-14-8-9-17(21)15(10-14)13-26-4;/h8-10H,5-7,11-13H2,1-4H3,(H2,22,23,24);1H. The number of hydrogen-bond acceptors (Lipinski definition) is 4. The van der Waals surface area contributed by atoms with Crippen LogP contribution in [0.25, 0.3) is 0 Å². The van der Waals surface area contributed by atoms with Crippen molar-refractivity contribution < 1.29 is 13.7 Å². The molecule has 28 heavy (non-hydrogen) atoms. The van der Waals surface area contributed by atoms with Gasteiger partial charge in [0.15, 0.2) is 5.96 Å². The predicted molar refractivity (Wildman–Crippen MR) is 119 cm³/mol. The number of benzene rings is 1. The van der Waals surface area contributed by atoms with Crippen LogP contribution in [0, 0.1) is 5.82 Å². The molecule has 1 heterocycles. The summed E-state index contributed by atoms with van der Waals surface area (Å²) in [6.07, 6.45) is 1.63. The van der Waals surface area contributed by atoms with Gasteiger partial charge in [0.1, 0.15) is 11.6 Å². The van der Waals surface area contributed by atoms with Gasteiger partial charge in [0.25, 0.3) is 0 Å². The monoisotopic (exact) mass is 504 g/mol. The number of guanidine groups is 1. The summed E-state index contributed by atoms with van der Waals surface area (Å²) in [6, 6.07) is 4.99. The quantitative estimate of drug-likeness (QED) is 0.308. The Hall–Kier alpha value is -1.68. The van der Waals surface area contributed by atoms with E-state index in [0.29, 0.717) is 24.6 Å². The highest BCUT2D eigenvalue weighted by Gasteiger charge is 2.13. The third kappa shape index (κ3) is 6.73. The molecule has 2 rings (SSSR count). The Labute approximate surface area is 183 Å². The van der Waals surface area contributed by atoms with Crippen LogP contribution in [0.4, 0.5) is 4.39 Å². The molecule has 6 nitrogen and oxygen atoms in total. The van der Waals surface area contributed by atoms with Crippen LogP contribution in [0.15, 0.2) is 27.7 Å². The van der Waals surface area contributed by atoms with Crippen LogP contribution in [-0.4, -0.2) is 24.8 Å². The number of nitrogens with zero attached hydrogens (tertiary/aromatic N) is 2. The Balaban J connectivity index is 0.00000392. The first-order valence-corrected chi connectivity index (χ1v) is 9.37. The van der Waals surface area contributed by atoms with E-state index in [0.717, 1.165) is 42.0 Å². The fourth-order valence-corrected chi connectivity index (χ4v) is 2.81. The van der Waals surface area contributed by atoms with Crippen molar-refractivity contribution in [2.45, 2.75) is 53.3 Å². The summed E-state index contributed by atoms with van der Waals surface area (Å²) in [6.45, 7) is 8.16. The molecular weight excluding hydrogens is 474 g/mol. The van der Waals surface area contributed by atoms with Gasteiger partial charge in [-0.1, -0.05) is 25.1 Å². The first-order chi connectivity index (χ1) is 13.1. The molecule has 0 radical (unpaired) electrons. The van der Waals surface area contributed by atoms with Gasteiger partial charge in [-0.2, -0.15) is 0 Å². The van der Waals surface area contributed by atoms with Gasteiger partial charge < -0.3 is 19.9 Å². The minimum atomic E-state index is -0.263. The number of halogens is 2. The van der Waals surface area contributed by atoms with E-state index in [9.17, 15) is 4.39 Å². The number of aryl methyl sites for hydroxylation is 2. The molecule has 156 valence electrons. The minimum Gasteiger partial charge on any atom is -0.380 e. The van der Waals surface area contributed by atoms with E-state index in [4.69, 9.17) is 9.26 Å². The van der Waals surface area contributed by atoms with Gasteiger partial charge in [0, 0.05) is 37.7 Å². The van der Waals surface area contributed by atoms with Crippen molar-refractivity contribution in [3.63, 3.8) is 0 Å². The van der Waals surface area contributed by atoms with E-state index >= 15 is 0 Å². The third-order valence-electron chi connectivity index (χ3n) is 4.21. The summed E-state index contributed by atoms with van der Waals surface area (Å²) in [5, 5.41) is 10.7. The normalized spacial score (nSPS) is 11.2. The molecule has 2 N–H and O–H groups in total. The summed E-state index contributed by atoms with van der Waals surface area (Å²) in [5.74, 6) is 1.33. The molecule has 0 amide bonds. The lowest BCUT2D eigenvalue weighted by atomic mass is 10.1. The number of aromatic nitrogens is 1. The molecule has 1 aromatic heterocycles. The van der Waals surface area contributed by atoms with E-state index in [-0.39, 0.29) is 36.4 Å². The molecule has 0 fully saturated rings. The molecule has 0 unspecified atom stereocenters. The van der Waals surface area contributed by atoms with Crippen LogP contribution in [0.5, 0.6) is 0 Å². The molecule has 0 aliphatic rings. The highest BCUT2D eigenvalue weighted by molar-refractivity contribution is 14.0. The van der Waals surface area contributed by atoms with Gasteiger partial charge in [0.2, 0.25) is 0 Å². The molecule has 2 aromatic rings. The molecule has 0 bridgehead atoms. The Kier molecular flexibility index (Phi) is 11.1.